The predicted molar refractivity (Wildman–Crippen MR) is 130 cm³/mol. The number of primary amides is 1. The normalized spacial score (nSPS) is 18.9. The lowest BCUT2D eigenvalue weighted by Crippen LogP contribution is -2.37. The number of carbonyl (C=O) groups is 1. The van der Waals surface area contributed by atoms with E-state index in [0.717, 1.165) is 59.5 Å². The molecule has 0 saturated carbocycles. The van der Waals surface area contributed by atoms with Crippen LogP contribution in [-0.2, 0) is 16.6 Å². The number of hydrogen-bond acceptors (Lipinski definition) is 8. The molecular formula is C24H29N7O3. The van der Waals surface area contributed by atoms with Crippen LogP contribution in [0, 0.1) is 12.8 Å². The molecule has 10 heteroatoms. The first-order valence-corrected chi connectivity index (χ1v) is 11.4. The number of nitrogens with two attached hydrogens (primary N) is 2. The number of anilines is 3. The Morgan fingerprint density at radius 2 is 2.00 bits per heavy atom. The molecule has 5 rings (SSSR count). The van der Waals surface area contributed by atoms with Crippen LogP contribution < -0.4 is 21.3 Å². The van der Waals surface area contributed by atoms with Crippen molar-refractivity contribution in [3.05, 3.63) is 53.7 Å². The van der Waals surface area contributed by atoms with E-state index >= 15 is 0 Å². The molecular weight excluding hydrogens is 434 g/mol. The molecule has 1 fully saturated rings. The number of hydrogen-bond donors (Lipinski definition) is 3. The summed E-state index contributed by atoms with van der Waals surface area (Å²) in [6, 6.07) is 7.70. The van der Waals surface area contributed by atoms with Crippen molar-refractivity contribution in [2.75, 3.05) is 35.2 Å². The van der Waals surface area contributed by atoms with E-state index in [9.17, 15) is 9.90 Å². The van der Waals surface area contributed by atoms with Crippen molar-refractivity contribution in [3.63, 3.8) is 0 Å². The highest BCUT2D eigenvalue weighted by molar-refractivity contribution is 6.00. The number of nitrogen functional groups attached to an aromatic ring is 1. The monoisotopic (exact) mass is 463 g/mol. The van der Waals surface area contributed by atoms with E-state index in [-0.39, 0.29) is 12.3 Å². The third kappa shape index (κ3) is 3.69. The van der Waals surface area contributed by atoms with Crippen molar-refractivity contribution in [3.8, 4) is 0 Å². The number of aliphatic hydroxyl groups is 1. The molecule has 0 spiro atoms. The van der Waals surface area contributed by atoms with Gasteiger partial charge in [0.1, 0.15) is 17.8 Å². The molecule has 10 nitrogen and oxygen atoms in total. The Labute approximate surface area is 197 Å². The van der Waals surface area contributed by atoms with Gasteiger partial charge in [-0.2, -0.15) is 5.10 Å². The van der Waals surface area contributed by atoms with E-state index in [0.29, 0.717) is 11.7 Å². The van der Waals surface area contributed by atoms with Gasteiger partial charge < -0.3 is 26.2 Å². The number of nitrogens with zero attached hydrogens (tertiary/aromatic N) is 5. The highest BCUT2D eigenvalue weighted by Gasteiger charge is 2.36. The molecule has 0 aliphatic carbocycles. The second kappa shape index (κ2) is 8.53. The van der Waals surface area contributed by atoms with Crippen LogP contribution in [0.25, 0.3) is 10.9 Å². The van der Waals surface area contributed by atoms with E-state index in [4.69, 9.17) is 16.2 Å². The van der Waals surface area contributed by atoms with Crippen LogP contribution >= 0.6 is 0 Å². The maximum Gasteiger partial charge on any atom is 0.268 e. The fourth-order valence-corrected chi connectivity index (χ4v) is 4.91. The fourth-order valence-electron chi connectivity index (χ4n) is 4.91. The van der Waals surface area contributed by atoms with E-state index in [1.54, 1.807) is 12.3 Å². The topological polar surface area (TPSA) is 136 Å². The Hall–Kier alpha value is -3.79. The number of pyridine rings is 1. The zero-order valence-corrected chi connectivity index (χ0v) is 19.3. The number of amides is 1. The van der Waals surface area contributed by atoms with Gasteiger partial charge in [0.25, 0.3) is 5.91 Å². The van der Waals surface area contributed by atoms with Gasteiger partial charge in [0, 0.05) is 43.9 Å². The number of benzene rings is 1. The first-order chi connectivity index (χ1) is 16.4. The van der Waals surface area contributed by atoms with Crippen molar-refractivity contribution in [1.82, 2.24) is 14.8 Å². The minimum atomic E-state index is -0.629. The van der Waals surface area contributed by atoms with Crippen molar-refractivity contribution >= 4 is 34.0 Å². The number of aromatic nitrogens is 3. The predicted octanol–water partition coefficient (Wildman–Crippen LogP) is 1.93. The summed E-state index contributed by atoms with van der Waals surface area (Å²) in [7, 11) is 1.92. The number of aryl methyl sites for hydroxylation is 2. The molecule has 178 valence electrons. The van der Waals surface area contributed by atoms with Crippen LogP contribution in [-0.4, -0.2) is 45.5 Å². The van der Waals surface area contributed by atoms with E-state index in [1.807, 2.05) is 35.7 Å². The zero-order valence-electron chi connectivity index (χ0n) is 19.3. The summed E-state index contributed by atoms with van der Waals surface area (Å²) in [5.74, 6) is 0.0713. The summed E-state index contributed by atoms with van der Waals surface area (Å²) < 4.78 is 7.83. The van der Waals surface area contributed by atoms with Gasteiger partial charge in [-0.15, -0.1) is 0 Å². The highest BCUT2D eigenvalue weighted by Crippen LogP contribution is 2.44. The third-order valence-electron chi connectivity index (χ3n) is 6.75. The van der Waals surface area contributed by atoms with Gasteiger partial charge in [-0.05, 0) is 49.9 Å². The lowest BCUT2D eigenvalue weighted by atomic mass is 9.97. The van der Waals surface area contributed by atoms with Crippen molar-refractivity contribution in [2.45, 2.75) is 26.0 Å². The van der Waals surface area contributed by atoms with Crippen LogP contribution in [0.1, 0.15) is 30.3 Å². The second-order valence-corrected chi connectivity index (χ2v) is 8.92. The summed E-state index contributed by atoms with van der Waals surface area (Å²) in [4.78, 5) is 20.7. The van der Waals surface area contributed by atoms with E-state index < -0.39 is 12.1 Å². The molecule has 1 unspecified atom stereocenters. The molecule has 2 aromatic heterocycles. The molecule has 3 aromatic rings. The van der Waals surface area contributed by atoms with E-state index in [1.165, 1.54) is 6.26 Å². The summed E-state index contributed by atoms with van der Waals surface area (Å²) in [6.07, 6.45) is 4.17. The SMILES string of the molecule is Cc1nn(C)c2cc(N3CCC(CO)CC3)c(N3C(C(N)=O)=COC3c3ccnc(N)c3)cc12. The first-order valence-electron chi connectivity index (χ1n) is 11.4. The van der Waals surface area contributed by atoms with Gasteiger partial charge >= 0.3 is 0 Å². The van der Waals surface area contributed by atoms with Crippen molar-refractivity contribution in [1.29, 1.82) is 0 Å². The Bertz CT molecular complexity index is 1280. The van der Waals surface area contributed by atoms with Crippen LogP contribution in [0.5, 0.6) is 0 Å². The number of carbonyl (C=O) groups excluding carboxylic acids is 1. The maximum absolute atomic E-state index is 12.5. The molecule has 1 saturated heterocycles. The minimum absolute atomic E-state index is 0.195. The van der Waals surface area contributed by atoms with Crippen LogP contribution in [0.4, 0.5) is 17.2 Å². The summed E-state index contributed by atoms with van der Waals surface area (Å²) in [6.45, 7) is 3.74. The van der Waals surface area contributed by atoms with Gasteiger partial charge in [-0.1, -0.05) is 0 Å². The number of ether oxygens (including phenoxy) is 1. The quantitative estimate of drug-likeness (QED) is 0.522. The van der Waals surface area contributed by atoms with Gasteiger partial charge in [-0.3, -0.25) is 14.4 Å². The largest absolute Gasteiger partial charge is 0.471 e. The molecule has 34 heavy (non-hydrogen) atoms. The molecule has 2 aliphatic rings. The minimum Gasteiger partial charge on any atom is -0.471 e. The lowest BCUT2D eigenvalue weighted by molar-refractivity contribution is -0.114. The smallest absolute Gasteiger partial charge is 0.268 e. The lowest BCUT2D eigenvalue weighted by Gasteiger charge is -2.37. The first kappa shape index (κ1) is 22.0. The van der Waals surface area contributed by atoms with Gasteiger partial charge in [0.05, 0.1) is 22.6 Å². The third-order valence-corrected chi connectivity index (χ3v) is 6.75. The second-order valence-electron chi connectivity index (χ2n) is 8.92. The molecule has 4 heterocycles. The Morgan fingerprint density at radius 3 is 2.68 bits per heavy atom. The molecule has 1 amide bonds. The standard InChI is InChI=1S/C24H29N7O3/c1-14-17-10-20(19(11-18(17)29(2)28-14)30-7-4-15(12-32)5-8-30)31-21(23(26)33)13-34-24(31)16-3-6-27-22(25)9-16/h3,6,9-11,13,15,24,32H,4-5,7-8,12H2,1-2H3,(H2,25,27)(H2,26,33). The summed E-state index contributed by atoms with van der Waals surface area (Å²) in [5.41, 5.74) is 16.4. The van der Waals surface area contributed by atoms with Crippen LogP contribution in [0.3, 0.4) is 0 Å². The number of rotatable bonds is 5. The number of fused-ring (bicyclic) bond motifs is 1. The number of aliphatic hydroxyl groups excluding tert-OH is 1. The van der Waals surface area contributed by atoms with E-state index in [2.05, 4.69) is 21.0 Å². The average Bonchev–Trinajstić information content (AvgIpc) is 3.39. The van der Waals surface area contributed by atoms with Crippen LogP contribution in [0.15, 0.2) is 42.4 Å². The zero-order chi connectivity index (χ0) is 24.0. The van der Waals surface area contributed by atoms with Crippen molar-refractivity contribution < 1.29 is 14.6 Å². The Morgan fingerprint density at radius 1 is 1.24 bits per heavy atom. The molecule has 5 N–H and O–H groups in total. The number of piperidine rings is 1. The van der Waals surface area contributed by atoms with Gasteiger partial charge in [-0.25, -0.2) is 4.98 Å². The molecule has 0 radical (unpaired) electrons. The maximum atomic E-state index is 12.5. The molecule has 0 bridgehead atoms. The van der Waals surface area contributed by atoms with Gasteiger partial charge in [0.2, 0.25) is 6.23 Å². The summed E-state index contributed by atoms with van der Waals surface area (Å²) in [5, 5.41) is 15.2. The Balaban J connectivity index is 1.68. The van der Waals surface area contributed by atoms with Crippen molar-refractivity contribution in [2.24, 2.45) is 18.7 Å². The molecule has 1 atom stereocenters. The van der Waals surface area contributed by atoms with Crippen LogP contribution in [0.2, 0.25) is 0 Å². The molecule has 2 aliphatic heterocycles. The average molecular weight is 464 g/mol. The summed E-state index contributed by atoms with van der Waals surface area (Å²) >= 11 is 0. The Kier molecular flexibility index (Phi) is 5.52. The fraction of sp³-hybridized carbons (Fsp3) is 0.375. The van der Waals surface area contributed by atoms with Gasteiger partial charge in [0.15, 0.2) is 0 Å². The highest BCUT2D eigenvalue weighted by atomic mass is 16.5. The molecule has 1 aromatic carbocycles.